The van der Waals surface area contributed by atoms with Gasteiger partial charge in [-0.15, -0.1) is 11.3 Å². The van der Waals surface area contributed by atoms with Crippen molar-refractivity contribution in [2.75, 3.05) is 5.32 Å². The van der Waals surface area contributed by atoms with Gasteiger partial charge in [0, 0.05) is 10.6 Å². The van der Waals surface area contributed by atoms with Crippen molar-refractivity contribution >= 4 is 39.0 Å². The van der Waals surface area contributed by atoms with Gasteiger partial charge in [-0.2, -0.15) is 0 Å². The summed E-state index contributed by atoms with van der Waals surface area (Å²) in [4.78, 5) is 22.2. The number of aromatic carboxylic acids is 1. The van der Waals surface area contributed by atoms with Crippen LogP contribution in [-0.2, 0) is 12.8 Å². The second-order valence-electron chi connectivity index (χ2n) is 5.61. The van der Waals surface area contributed by atoms with Gasteiger partial charge in [-0.1, -0.05) is 12.1 Å². The largest absolute Gasteiger partial charge is 0.545 e. The molecule has 1 N–H and O–H groups in total. The number of nitrogens with one attached hydrogen (secondary N) is 1. The summed E-state index contributed by atoms with van der Waals surface area (Å²) in [6.07, 6.45) is 6.12. The third kappa shape index (κ3) is 2.55. The van der Waals surface area contributed by atoms with Crippen LogP contribution < -0.4 is 10.4 Å². The van der Waals surface area contributed by atoms with Gasteiger partial charge in [0.05, 0.1) is 11.4 Å². The lowest BCUT2D eigenvalue weighted by Crippen LogP contribution is -2.22. The van der Waals surface area contributed by atoms with Crippen molar-refractivity contribution in [3.8, 4) is 0 Å². The van der Waals surface area contributed by atoms with Crippen molar-refractivity contribution in [1.29, 1.82) is 0 Å². The molecule has 4 rings (SSSR count). The standard InChI is InChI=1S/C17H15N3O2S/c21-17(22)10-4-3-5-11(8-10)20-15-14-12-6-1-2-7-13(12)23-16(14)19-9-18-15/h3-5,8-9H,1-2,6-7H2,(H,21,22)(H,18,19,20)/p-1. The number of benzene rings is 1. The fourth-order valence-corrected chi connectivity index (χ4v) is 4.27. The number of carbonyl (C=O) groups is 1. The Kier molecular flexibility index (Phi) is 3.46. The van der Waals surface area contributed by atoms with E-state index in [4.69, 9.17) is 0 Å². The second-order valence-corrected chi connectivity index (χ2v) is 6.69. The number of hydrogen-bond donors (Lipinski definition) is 1. The second kappa shape index (κ2) is 5.62. The van der Waals surface area contributed by atoms with Gasteiger partial charge in [0.15, 0.2) is 0 Å². The Hall–Kier alpha value is -2.47. The summed E-state index contributed by atoms with van der Waals surface area (Å²) in [5.74, 6) is -0.445. The number of carbonyl (C=O) groups excluding carboxylic acids is 1. The van der Waals surface area contributed by atoms with Crippen LogP contribution in [0.15, 0.2) is 30.6 Å². The minimum Gasteiger partial charge on any atom is -0.545 e. The first kappa shape index (κ1) is 14.1. The molecule has 0 unspecified atom stereocenters. The summed E-state index contributed by atoms with van der Waals surface area (Å²) >= 11 is 1.74. The number of rotatable bonds is 3. The van der Waals surface area contributed by atoms with Crippen LogP contribution in [0.4, 0.5) is 11.5 Å². The molecule has 0 amide bonds. The maximum atomic E-state index is 11.0. The van der Waals surface area contributed by atoms with Crippen molar-refractivity contribution in [2.45, 2.75) is 25.7 Å². The van der Waals surface area contributed by atoms with Gasteiger partial charge < -0.3 is 15.2 Å². The Morgan fingerprint density at radius 1 is 1.22 bits per heavy atom. The van der Waals surface area contributed by atoms with E-state index in [1.165, 1.54) is 29.3 Å². The van der Waals surface area contributed by atoms with Crippen LogP contribution in [0, 0.1) is 0 Å². The molecule has 116 valence electrons. The summed E-state index contributed by atoms with van der Waals surface area (Å²) in [5.41, 5.74) is 2.17. The Balaban J connectivity index is 1.78. The third-order valence-electron chi connectivity index (χ3n) is 4.11. The molecule has 6 heteroatoms. The molecular weight excluding hydrogens is 310 g/mol. The van der Waals surface area contributed by atoms with E-state index in [9.17, 15) is 9.90 Å². The van der Waals surface area contributed by atoms with Crippen LogP contribution in [0.1, 0.15) is 33.6 Å². The van der Waals surface area contributed by atoms with E-state index in [0.717, 1.165) is 28.9 Å². The zero-order valence-corrected chi connectivity index (χ0v) is 13.2. The normalized spacial score (nSPS) is 13.7. The molecule has 0 atom stereocenters. The number of hydrogen-bond acceptors (Lipinski definition) is 6. The molecule has 2 aromatic heterocycles. The molecule has 23 heavy (non-hydrogen) atoms. The average molecular weight is 324 g/mol. The lowest BCUT2D eigenvalue weighted by atomic mass is 9.97. The van der Waals surface area contributed by atoms with E-state index >= 15 is 0 Å². The van der Waals surface area contributed by atoms with Crippen LogP contribution in [0.25, 0.3) is 10.2 Å². The first-order valence-corrected chi connectivity index (χ1v) is 8.38. The van der Waals surface area contributed by atoms with Crippen LogP contribution in [0.5, 0.6) is 0 Å². The van der Waals surface area contributed by atoms with Crippen LogP contribution >= 0.6 is 11.3 Å². The minimum absolute atomic E-state index is 0.146. The van der Waals surface area contributed by atoms with Gasteiger partial charge in [-0.3, -0.25) is 0 Å². The van der Waals surface area contributed by atoms with E-state index in [2.05, 4.69) is 15.3 Å². The van der Waals surface area contributed by atoms with Crippen molar-refractivity contribution < 1.29 is 9.90 Å². The maximum Gasteiger partial charge on any atom is 0.142 e. The SMILES string of the molecule is O=C([O-])c1cccc(Nc2ncnc3sc4c(c23)CCCC4)c1. The Morgan fingerprint density at radius 3 is 2.96 bits per heavy atom. The zero-order valence-electron chi connectivity index (χ0n) is 12.3. The lowest BCUT2D eigenvalue weighted by Gasteiger charge is -2.13. The van der Waals surface area contributed by atoms with Gasteiger partial charge in [-0.25, -0.2) is 9.97 Å². The van der Waals surface area contributed by atoms with Gasteiger partial charge >= 0.3 is 0 Å². The number of carboxylic acids is 1. The number of nitrogens with zero attached hydrogens (tertiary/aromatic N) is 2. The smallest absolute Gasteiger partial charge is 0.142 e. The number of aromatic nitrogens is 2. The minimum atomic E-state index is -1.19. The molecule has 2 heterocycles. The average Bonchev–Trinajstić information content (AvgIpc) is 2.94. The Morgan fingerprint density at radius 2 is 2.09 bits per heavy atom. The molecule has 0 saturated carbocycles. The first-order chi connectivity index (χ1) is 11.2. The van der Waals surface area contributed by atoms with E-state index in [1.807, 2.05) is 6.07 Å². The van der Waals surface area contributed by atoms with Gasteiger partial charge in [-0.05, 0) is 48.9 Å². The molecule has 0 aliphatic heterocycles. The number of aryl methyl sites for hydroxylation is 2. The molecule has 0 saturated heterocycles. The van der Waals surface area contributed by atoms with Crippen molar-refractivity contribution in [3.05, 3.63) is 46.6 Å². The first-order valence-electron chi connectivity index (χ1n) is 7.56. The zero-order chi connectivity index (χ0) is 15.8. The molecule has 1 aromatic carbocycles. The third-order valence-corrected chi connectivity index (χ3v) is 5.31. The molecule has 1 aliphatic rings. The number of anilines is 2. The highest BCUT2D eigenvalue weighted by Crippen LogP contribution is 2.38. The molecule has 3 aromatic rings. The predicted molar refractivity (Wildman–Crippen MR) is 88.1 cm³/mol. The number of fused-ring (bicyclic) bond motifs is 3. The summed E-state index contributed by atoms with van der Waals surface area (Å²) < 4.78 is 0. The van der Waals surface area contributed by atoms with Gasteiger partial charge in [0.1, 0.15) is 17.0 Å². The van der Waals surface area contributed by atoms with Crippen molar-refractivity contribution in [1.82, 2.24) is 9.97 Å². The van der Waals surface area contributed by atoms with E-state index in [1.54, 1.807) is 29.8 Å². The molecular formula is C17H14N3O2S-. The van der Waals surface area contributed by atoms with Crippen molar-refractivity contribution in [3.63, 3.8) is 0 Å². The fourth-order valence-electron chi connectivity index (χ4n) is 3.05. The van der Waals surface area contributed by atoms with Crippen molar-refractivity contribution in [2.24, 2.45) is 0 Å². The van der Waals surface area contributed by atoms with Crippen LogP contribution in [-0.4, -0.2) is 15.9 Å². The molecule has 0 fully saturated rings. The summed E-state index contributed by atoms with van der Waals surface area (Å²) in [5, 5.41) is 15.3. The maximum absolute atomic E-state index is 11.0. The lowest BCUT2D eigenvalue weighted by molar-refractivity contribution is -0.255. The molecule has 0 spiro atoms. The van der Waals surface area contributed by atoms with Gasteiger partial charge in [0.25, 0.3) is 0 Å². The molecule has 1 aliphatic carbocycles. The highest BCUT2D eigenvalue weighted by atomic mass is 32.1. The van der Waals surface area contributed by atoms with E-state index in [-0.39, 0.29) is 5.56 Å². The van der Waals surface area contributed by atoms with Crippen LogP contribution in [0.2, 0.25) is 0 Å². The van der Waals surface area contributed by atoms with E-state index in [0.29, 0.717) is 5.69 Å². The molecule has 0 bridgehead atoms. The molecule has 0 radical (unpaired) electrons. The van der Waals surface area contributed by atoms with Crippen LogP contribution in [0.3, 0.4) is 0 Å². The Bertz CT molecular complexity index is 904. The summed E-state index contributed by atoms with van der Waals surface area (Å²) in [7, 11) is 0. The summed E-state index contributed by atoms with van der Waals surface area (Å²) in [6.45, 7) is 0. The topological polar surface area (TPSA) is 77.9 Å². The van der Waals surface area contributed by atoms with Gasteiger partial charge in [0.2, 0.25) is 0 Å². The predicted octanol–water partition coefficient (Wildman–Crippen LogP) is 2.68. The monoisotopic (exact) mass is 324 g/mol. The molecule has 5 nitrogen and oxygen atoms in total. The summed E-state index contributed by atoms with van der Waals surface area (Å²) in [6, 6.07) is 6.58. The fraction of sp³-hybridized carbons (Fsp3) is 0.235. The number of carboxylic acid groups (broad SMARTS) is 1. The highest BCUT2D eigenvalue weighted by molar-refractivity contribution is 7.19. The number of thiophene rings is 1. The highest BCUT2D eigenvalue weighted by Gasteiger charge is 2.19. The quantitative estimate of drug-likeness (QED) is 0.801. The van der Waals surface area contributed by atoms with E-state index < -0.39 is 5.97 Å². The Labute approximate surface area is 137 Å².